The Morgan fingerprint density at radius 2 is 1.79 bits per heavy atom. The van der Waals surface area contributed by atoms with Crippen molar-refractivity contribution in [3.8, 4) is 0 Å². The predicted molar refractivity (Wildman–Crippen MR) is 76.1 cm³/mol. The fourth-order valence-electron chi connectivity index (χ4n) is 1.70. The summed E-state index contributed by atoms with van der Waals surface area (Å²) >= 11 is 9.20. The first-order valence-corrected chi connectivity index (χ1v) is 6.82. The highest BCUT2D eigenvalue weighted by atomic mass is 79.9. The molecule has 0 amide bonds. The summed E-state index contributed by atoms with van der Waals surface area (Å²) in [4.78, 5) is 0. The summed E-state index contributed by atoms with van der Waals surface area (Å²) in [7, 11) is 0. The molecule has 0 heterocycles. The highest BCUT2D eigenvalue weighted by Crippen LogP contribution is 2.20. The summed E-state index contributed by atoms with van der Waals surface area (Å²) in [5.74, 6) is -0.725. The average Bonchev–Trinajstić information content (AvgIpc) is 2.38. The molecule has 0 aliphatic heterocycles. The van der Waals surface area contributed by atoms with Gasteiger partial charge in [0.1, 0.15) is 11.6 Å². The van der Waals surface area contributed by atoms with Crippen molar-refractivity contribution in [3.05, 3.63) is 68.7 Å². The van der Waals surface area contributed by atoms with Crippen molar-refractivity contribution in [3.63, 3.8) is 0 Å². The van der Waals surface area contributed by atoms with Gasteiger partial charge in [0, 0.05) is 17.6 Å². The zero-order valence-corrected chi connectivity index (χ0v) is 12.2. The average molecular weight is 347 g/mol. The van der Waals surface area contributed by atoms with Crippen LogP contribution < -0.4 is 5.32 Å². The van der Waals surface area contributed by atoms with Crippen LogP contribution in [-0.4, -0.2) is 0 Å². The number of halogens is 4. The van der Waals surface area contributed by atoms with Crippen LogP contribution in [0.25, 0.3) is 0 Å². The smallest absolute Gasteiger partial charge is 0.142 e. The second kappa shape index (κ2) is 6.46. The quantitative estimate of drug-likeness (QED) is 0.848. The van der Waals surface area contributed by atoms with Gasteiger partial charge < -0.3 is 5.32 Å². The number of benzene rings is 2. The van der Waals surface area contributed by atoms with Crippen LogP contribution in [0.1, 0.15) is 11.1 Å². The van der Waals surface area contributed by atoms with E-state index >= 15 is 0 Å². The van der Waals surface area contributed by atoms with Gasteiger partial charge in [0.15, 0.2) is 0 Å². The minimum Gasteiger partial charge on any atom is -0.309 e. The molecular formula is C14H11BrClF2N. The molecule has 0 atom stereocenters. The first kappa shape index (κ1) is 14.4. The van der Waals surface area contributed by atoms with Crippen LogP contribution in [0, 0.1) is 11.6 Å². The van der Waals surface area contributed by atoms with Crippen molar-refractivity contribution in [1.29, 1.82) is 0 Å². The molecule has 0 bridgehead atoms. The molecule has 0 saturated heterocycles. The standard InChI is InChI=1S/C14H11BrClF2N/c15-12-5-4-11(17)6-10(12)8-19-7-9-2-1-3-13(18)14(9)16/h1-6,19H,7-8H2. The fraction of sp³-hybridized carbons (Fsp3) is 0.143. The van der Waals surface area contributed by atoms with Crippen LogP contribution in [0.15, 0.2) is 40.9 Å². The van der Waals surface area contributed by atoms with E-state index in [0.717, 1.165) is 10.0 Å². The SMILES string of the molecule is Fc1ccc(Br)c(CNCc2cccc(F)c2Cl)c1. The molecule has 0 fully saturated rings. The van der Waals surface area contributed by atoms with E-state index in [1.807, 2.05) is 0 Å². The molecule has 0 aliphatic carbocycles. The van der Waals surface area contributed by atoms with Gasteiger partial charge in [0.2, 0.25) is 0 Å². The molecule has 19 heavy (non-hydrogen) atoms. The van der Waals surface area contributed by atoms with Gasteiger partial charge in [-0.1, -0.05) is 39.7 Å². The van der Waals surface area contributed by atoms with Crippen LogP contribution in [0.3, 0.4) is 0 Å². The van der Waals surface area contributed by atoms with Gasteiger partial charge in [-0.15, -0.1) is 0 Å². The molecule has 0 saturated carbocycles. The molecule has 2 aromatic carbocycles. The number of nitrogens with one attached hydrogen (secondary N) is 1. The van der Waals surface area contributed by atoms with Gasteiger partial charge in [-0.05, 0) is 35.4 Å². The normalized spacial score (nSPS) is 10.7. The zero-order chi connectivity index (χ0) is 13.8. The molecule has 5 heteroatoms. The van der Waals surface area contributed by atoms with Crippen molar-refractivity contribution in [1.82, 2.24) is 5.32 Å². The van der Waals surface area contributed by atoms with E-state index in [4.69, 9.17) is 11.6 Å². The molecule has 100 valence electrons. The molecule has 2 aromatic rings. The van der Waals surface area contributed by atoms with E-state index < -0.39 is 5.82 Å². The number of rotatable bonds is 4. The third kappa shape index (κ3) is 3.75. The Labute approximate surface area is 123 Å². The molecular weight excluding hydrogens is 336 g/mol. The highest BCUT2D eigenvalue weighted by molar-refractivity contribution is 9.10. The summed E-state index contributed by atoms with van der Waals surface area (Å²) in [6, 6.07) is 9.16. The lowest BCUT2D eigenvalue weighted by Crippen LogP contribution is -2.13. The van der Waals surface area contributed by atoms with Gasteiger partial charge >= 0.3 is 0 Å². The maximum atomic E-state index is 13.2. The van der Waals surface area contributed by atoms with E-state index in [9.17, 15) is 8.78 Å². The van der Waals surface area contributed by atoms with E-state index in [-0.39, 0.29) is 10.8 Å². The lowest BCUT2D eigenvalue weighted by atomic mass is 10.2. The third-order valence-electron chi connectivity index (χ3n) is 2.67. The first-order chi connectivity index (χ1) is 9.08. The van der Waals surface area contributed by atoms with Gasteiger partial charge in [0.25, 0.3) is 0 Å². The van der Waals surface area contributed by atoms with Crippen LogP contribution in [-0.2, 0) is 13.1 Å². The minimum absolute atomic E-state index is 0.119. The molecule has 1 nitrogen and oxygen atoms in total. The van der Waals surface area contributed by atoms with Crippen LogP contribution in [0.4, 0.5) is 8.78 Å². The Morgan fingerprint density at radius 3 is 2.58 bits per heavy atom. The molecule has 0 aliphatic rings. The van der Waals surface area contributed by atoms with E-state index in [1.165, 1.54) is 18.2 Å². The fourth-order valence-corrected chi connectivity index (χ4v) is 2.28. The van der Waals surface area contributed by atoms with Crippen molar-refractivity contribution in [2.45, 2.75) is 13.1 Å². The highest BCUT2D eigenvalue weighted by Gasteiger charge is 2.06. The van der Waals surface area contributed by atoms with E-state index in [1.54, 1.807) is 18.2 Å². The monoisotopic (exact) mass is 345 g/mol. The van der Waals surface area contributed by atoms with Gasteiger partial charge in [0.05, 0.1) is 5.02 Å². The van der Waals surface area contributed by atoms with Gasteiger partial charge in [-0.3, -0.25) is 0 Å². The molecule has 0 aromatic heterocycles. The van der Waals surface area contributed by atoms with E-state index in [2.05, 4.69) is 21.2 Å². The van der Waals surface area contributed by atoms with Crippen LogP contribution >= 0.6 is 27.5 Å². The van der Waals surface area contributed by atoms with Gasteiger partial charge in [-0.25, -0.2) is 8.78 Å². The number of hydrogen-bond acceptors (Lipinski definition) is 1. The first-order valence-electron chi connectivity index (χ1n) is 5.65. The molecule has 0 spiro atoms. The predicted octanol–water partition coefficient (Wildman–Crippen LogP) is 4.67. The number of hydrogen-bond donors (Lipinski definition) is 1. The Morgan fingerprint density at radius 1 is 1.05 bits per heavy atom. The van der Waals surface area contributed by atoms with Crippen LogP contribution in [0.2, 0.25) is 5.02 Å². The molecule has 0 unspecified atom stereocenters. The summed E-state index contributed by atoms with van der Waals surface area (Å²) < 4.78 is 27.2. The summed E-state index contributed by atoms with van der Waals surface area (Å²) in [6.07, 6.45) is 0. The Kier molecular flexibility index (Phi) is 4.91. The summed E-state index contributed by atoms with van der Waals surface area (Å²) in [5, 5.41) is 3.23. The van der Waals surface area contributed by atoms with Crippen LogP contribution in [0.5, 0.6) is 0 Å². The Balaban J connectivity index is 2.00. The molecule has 2 rings (SSSR count). The second-order valence-electron chi connectivity index (χ2n) is 4.05. The summed E-state index contributed by atoms with van der Waals surface area (Å²) in [5.41, 5.74) is 1.47. The maximum Gasteiger partial charge on any atom is 0.142 e. The lowest BCUT2D eigenvalue weighted by Gasteiger charge is -2.09. The Hall–Kier alpha value is -0.970. The van der Waals surface area contributed by atoms with Crippen molar-refractivity contribution >= 4 is 27.5 Å². The lowest BCUT2D eigenvalue weighted by molar-refractivity contribution is 0.614. The van der Waals surface area contributed by atoms with Gasteiger partial charge in [-0.2, -0.15) is 0 Å². The molecule has 1 N–H and O–H groups in total. The Bertz CT molecular complexity index is 588. The maximum absolute atomic E-state index is 13.2. The largest absolute Gasteiger partial charge is 0.309 e. The zero-order valence-electron chi connectivity index (χ0n) is 9.89. The van der Waals surface area contributed by atoms with Crippen molar-refractivity contribution in [2.75, 3.05) is 0 Å². The molecule has 0 radical (unpaired) electrons. The third-order valence-corrected chi connectivity index (χ3v) is 3.87. The summed E-state index contributed by atoms with van der Waals surface area (Å²) in [6.45, 7) is 0.880. The minimum atomic E-state index is -0.437. The van der Waals surface area contributed by atoms with Crippen molar-refractivity contribution in [2.24, 2.45) is 0 Å². The second-order valence-corrected chi connectivity index (χ2v) is 5.28. The topological polar surface area (TPSA) is 12.0 Å². The van der Waals surface area contributed by atoms with Crippen molar-refractivity contribution < 1.29 is 8.78 Å². The van der Waals surface area contributed by atoms with E-state index in [0.29, 0.717) is 18.7 Å².